The monoisotopic (exact) mass is 382 g/mol. The lowest BCUT2D eigenvalue weighted by Gasteiger charge is -2.60. The van der Waals surface area contributed by atoms with Crippen LogP contribution in [0.4, 0.5) is 0 Å². The third-order valence-corrected chi connectivity index (χ3v) is 7.35. The fourth-order valence-corrected chi connectivity index (χ4v) is 5.39. The molecule has 148 valence electrons. The third-order valence-electron chi connectivity index (χ3n) is 7.35. The largest absolute Gasteiger partial charge is 0.327 e. The Balaban J connectivity index is 1.26. The van der Waals surface area contributed by atoms with Gasteiger partial charge in [0.1, 0.15) is 6.04 Å². The van der Waals surface area contributed by atoms with Crippen LogP contribution in [0.3, 0.4) is 0 Å². The molecule has 2 aliphatic carbocycles. The summed E-state index contributed by atoms with van der Waals surface area (Å²) < 4.78 is 0. The summed E-state index contributed by atoms with van der Waals surface area (Å²) >= 11 is 0. The van der Waals surface area contributed by atoms with Crippen LogP contribution < -0.4 is 16.4 Å². The molecule has 2 heterocycles. The summed E-state index contributed by atoms with van der Waals surface area (Å²) in [6, 6.07) is 6.19. The maximum atomic E-state index is 12.8. The number of fused-ring (bicyclic) bond motifs is 1. The van der Waals surface area contributed by atoms with Gasteiger partial charge < -0.3 is 16.0 Å². The predicted molar refractivity (Wildman–Crippen MR) is 102 cm³/mol. The van der Waals surface area contributed by atoms with Gasteiger partial charge in [0.15, 0.2) is 0 Å². The Morgan fingerprint density at radius 2 is 2.07 bits per heavy atom. The first-order valence-corrected chi connectivity index (χ1v) is 10.2. The number of benzene rings is 1. The van der Waals surface area contributed by atoms with Crippen LogP contribution in [0.1, 0.15) is 60.0 Å². The molecule has 2 aliphatic heterocycles. The second-order valence-corrected chi connectivity index (χ2v) is 8.75. The number of nitrogens with two attached hydrogens (primary N) is 1. The van der Waals surface area contributed by atoms with E-state index in [2.05, 4.69) is 16.7 Å². The van der Waals surface area contributed by atoms with Crippen LogP contribution in [-0.4, -0.2) is 40.7 Å². The average Bonchev–Trinajstić information content (AvgIpc) is 2.93. The molecule has 1 aromatic carbocycles. The Bertz CT molecular complexity index is 863. The van der Waals surface area contributed by atoms with Crippen LogP contribution in [0.2, 0.25) is 0 Å². The SMILES string of the molecule is NC1CC(NCc2ccc3c(c2)CN(C2CCC(=O)NC2=O)C3=O)C12CCC2. The standard InChI is InChI=1S/C21H26N4O3/c22-16-9-17(21(16)6-1-7-21)23-10-12-2-3-14-13(8-12)11-25(20(14)28)15-4-5-18(26)24-19(15)27/h2-3,8,15-17,23H,1,4-7,9-11,22H2,(H,24,26,27). The van der Waals surface area contributed by atoms with Crippen molar-refractivity contribution in [2.24, 2.45) is 11.1 Å². The Kier molecular flexibility index (Phi) is 4.07. The molecule has 1 spiro atoms. The highest BCUT2D eigenvalue weighted by atomic mass is 16.2. The van der Waals surface area contributed by atoms with Gasteiger partial charge in [0.25, 0.3) is 5.91 Å². The number of hydrogen-bond acceptors (Lipinski definition) is 5. The van der Waals surface area contributed by atoms with E-state index < -0.39 is 6.04 Å². The van der Waals surface area contributed by atoms with Gasteiger partial charge in [-0.2, -0.15) is 0 Å². The van der Waals surface area contributed by atoms with Gasteiger partial charge in [-0.3, -0.25) is 19.7 Å². The Hall–Kier alpha value is -2.25. The van der Waals surface area contributed by atoms with Crippen LogP contribution >= 0.6 is 0 Å². The lowest BCUT2D eigenvalue weighted by molar-refractivity contribution is -0.136. The number of carbonyl (C=O) groups is 3. The molecule has 4 N–H and O–H groups in total. The highest BCUT2D eigenvalue weighted by Gasteiger charge is 2.56. The zero-order valence-electron chi connectivity index (χ0n) is 15.9. The zero-order chi connectivity index (χ0) is 19.5. The van der Waals surface area contributed by atoms with Gasteiger partial charge >= 0.3 is 0 Å². The number of nitrogens with zero attached hydrogens (tertiary/aromatic N) is 1. The molecule has 4 aliphatic rings. The molecule has 7 heteroatoms. The molecule has 1 aromatic rings. The number of carbonyl (C=O) groups excluding carboxylic acids is 3. The second kappa shape index (κ2) is 6.39. The number of piperidine rings is 1. The number of hydrogen-bond donors (Lipinski definition) is 3. The highest BCUT2D eigenvalue weighted by molar-refractivity contribution is 6.05. The van der Waals surface area contributed by atoms with Crippen molar-refractivity contribution in [2.75, 3.05) is 0 Å². The van der Waals surface area contributed by atoms with Crippen molar-refractivity contribution in [3.63, 3.8) is 0 Å². The summed E-state index contributed by atoms with van der Waals surface area (Å²) in [5.41, 5.74) is 9.31. The summed E-state index contributed by atoms with van der Waals surface area (Å²) in [4.78, 5) is 37.9. The van der Waals surface area contributed by atoms with Crippen LogP contribution in [0.5, 0.6) is 0 Å². The van der Waals surface area contributed by atoms with E-state index in [9.17, 15) is 14.4 Å². The molecule has 3 unspecified atom stereocenters. The summed E-state index contributed by atoms with van der Waals surface area (Å²) in [5, 5.41) is 6.01. The maximum Gasteiger partial charge on any atom is 0.255 e. The molecular formula is C21H26N4O3. The van der Waals surface area contributed by atoms with E-state index >= 15 is 0 Å². The molecule has 2 saturated carbocycles. The van der Waals surface area contributed by atoms with Crippen molar-refractivity contribution in [1.82, 2.24) is 15.5 Å². The van der Waals surface area contributed by atoms with Gasteiger partial charge in [0.2, 0.25) is 11.8 Å². The quantitative estimate of drug-likeness (QED) is 0.669. The minimum atomic E-state index is -0.561. The minimum absolute atomic E-state index is 0.123. The summed E-state index contributed by atoms with van der Waals surface area (Å²) in [5.74, 6) is -0.757. The number of rotatable bonds is 4. The molecule has 5 rings (SSSR count). The smallest absolute Gasteiger partial charge is 0.255 e. The first-order chi connectivity index (χ1) is 13.5. The molecule has 3 atom stereocenters. The molecule has 1 saturated heterocycles. The Morgan fingerprint density at radius 3 is 2.75 bits per heavy atom. The van der Waals surface area contributed by atoms with Crippen molar-refractivity contribution in [3.05, 3.63) is 34.9 Å². The molecule has 0 bridgehead atoms. The van der Waals surface area contributed by atoms with E-state index in [1.165, 1.54) is 19.3 Å². The molecule has 7 nitrogen and oxygen atoms in total. The lowest BCUT2D eigenvalue weighted by atomic mass is 9.50. The van der Waals surface area contributed by atoms with Crippen molar-refractivity contribution in [3.8, 4) is 0 Å². The number of nitrogens with one attached hydrogen (secondary N) is 2. The molecule has 28 heavy (non-hydrogen) atoms. The molecule has 3 fully saturated rings. The lowest BCUT2D eigenvalue weighted by Crippen LogP contribution is -2.69. The first-order valence-electron chi connectivity index (χ1n) is 10.2. The molecule has 3 amide bonds. The average molecular weight is 382 g/mol. The van der Waals surface area contributed by atoms with Crippen LogP contribution in [0.25, 0.3) is 0 Å². The summed E-state index contributed by atoms with van der Waals surface area (Å²) in [7, 11) is 0. The minimum Gasteiger partial charge on any atom is -0.327 e. The van der Waals surface area contributed by atoms with Gasteiger partial charge in [-0.15, -0.1) is 0 Å². The second-order valence-electron chi connectivity index (χ2n) is 8.75. The Morgan fingerprint density at radius 1 is 1.25 bits per heavy atom. The normalized spacial score (nSPS) is 30.7. The van der Waals surface area contributed by atoms with Crippen molar-refractivity contribution >= 4 is 17.7 Å². The highest BCUT2D eigenvalue weighted by Crippen LogP contribution is 2.55. The topological polar surface area (TPSA) is 105 Å². The van der Waals surface area contributed by atoms with Crippen LogP contribution in [0.15, 0.2) is 18.2 Å². The number of imide groups is 1. The number of amides is 3. The zero-order valence-corrected chi connectivity index (χ0v) is 15.9. The predicted octanol–water partition coefficient (Wildman–Crippen LogP) is 0.807. The van der Waals surface area contributed by atoms with Crippen LogP contribution in [-0.2, 0) is 22.7 Å². The van der Waals surface area contributed by atoms with E-state index in [1.54, 1.807) is 4.90 Å². The first kappa shape index (κ1) is 17.8. The Labute approximate surface area is 164 Å². The summed E-state index contributed by atoms with van der Waals surface area (Å²) in [6.45, 7) is 1.19. The summed E-state index contributed by atoms with van der Waals surface area (Å²) in [6.07, 6.45) is 5.44. The third kappa shape index (κ3) is 2.60. The molecule has 0 aromatic heterocycles. The molecule has 0 radical (unpaired) electrons. The van der Waals surface area contributed by atoms with Gasteiger partial charge in [-0.1, -0.05) is 18.6 Å². The van der Waals surface area contributed by atoms with Gasteiger partial charge in [0.05, 0.1) is 0 Å². The fraction of sp³-hybridized carbons (Fsp3) is 0.571. The van der Waals surface area contributed by atoms with E-state index in [0.717, 1.165) is 24.1 Å². The van der Waals surface area contributed by atoms with Crippen LogP contribution in [0, 0.1) is 5.41 Å². The van der Waals surface area contributed by atoms with E-state index in [0.29, 0.717) is 36.0 Å². The maximum absolute atomic E-state index is 12.8. The van der Waals surface area contributed by atoms with E-state index in [4.69, 9.17) is 5.73 Å². The van der Waals surface area contributed by atoms with E-state index in [-0.39, 0.29) is 24.1 Å². The van der Waals surface area contributed by atoms with Crippen molar-refractivity contribution in [1.29, 1.82) is 0 Å². The van der Waals surface area contributed by atoms with Crippen molar-refractivity contribution < 1.29 is 14.4 Å². The fourth-order valence-electron chi connectivity index (χ4n) is 5.39. The van der Waals surface area contributed by atoms with Gasteiger partial charge in [0, 0.05) is 42.6 Å². The van der Waals surface area contributed by atoms with E-state index in [1.807, 2.05) is 12.1 Å². The van der Waals surface area contributed by atoms with Crippen molar-refractivity contribution in [2.45, 2.75) is 69.7 Å². The molecular weight excluding hydrogens is 356 g/mol. The van der Waals surface area contributed by atoms with Gasteiger partial charge in [-0.05, 0) is 42.9 Å². The van der Waals surface area contributed by atoms with Gasteiger partial charge in [-0.25, -0.2) is 0 Å².